The summed E-state index contributed by atoms with van der Waals surface area (Å²) < 4.78 is 12.6. The molecule has 1 heterocycles. The number of anilines is 1. The number of nitrogens with two attached hydrogens (primary N) is 1. The van der Waals surface area contributed by atoms with Crippen LogP contribution in [0.5, 0.6) is 0 Å². The van der Waals surface area contributed by atoms with E-state index in [1.54, 1.807) is 6.92 Å². The quantitative estimate of drug-likeness (QED) is 0.683. The molecule has 2 N–H and O–H groups in total. The molecular formula is C6H9FN2S. The number of thiazole rings is 1. The molecule has 2 nitrogen and oxygen atoms in total. The number of aromatic nitrogens is 1. The average molecular weight is 160 g/mol. The maximum absolute atomic E-state index is 12.6. The van der Waals surface area contributed by atoms with Gasteiger partial charge >= 0.3 is 0 Å². The first-order valence-electron chi connectivity index (χ1n) is 2.98. The maximum Gasteiger partial charge on any atom is 0.180 e. The van der Waals surface area contributed by atoms with Crippen molar-refractivity contribution in [2.45, 2.75) is 20.0 Å². The van der Waals surface area contributed by atoms with E-state index >= 15 is 0 Å². The molecule has 0 bridgehead atoms. The molecule has 1 rings (SSSR count). The van der Waals surface area contributed by atoms with Crippen LogP contribution in [0.25, 0.3) is 0 Å². The Bertz CT molecular complexity index is 232. The van der Waals surface area contributed by atoms with Crippen molar-refractivity contribution in [1.29, 1.82) is 0 Å². The second-order valence-electron chi connectivity index (χ2n) is 2.12. The van der Waals surface area contributed by atoms with Gasteiger partial charge in [0.25, 0.3) is 0 Å². The fraction of sp³-hybridized carbons (Fsp3) is 0.500. The molecule has 4 heteroatoms. The van der Waals surface area contributed by atoms with Crippen molar-refractivity contribution in [1.82, 2.24) is 4.98 Å². The summed E-state index contributed by atoms with van der Waals surface area (Å²) in [6, 6.07) is 0. The van der Waals surface area contributed by atoms with E-state index in [2.05, 4.69) is 4.98 Å². The van der Waals surface area contributed by atoms with Crippen LogP contribution in [0.4, 0.5) is 9.52 Å². The molecule has 0 aliphatic heterocycles. The lowest BCUT2D eigenvalue weighted by molar-refractivity contribution is 0.378. The van der Waals surface area contributed by atoms with E-state index in [9.17, 15) is 4.39 Å². The van der Waals surface area contributed by atoms with Gasteiger partial charge in [-0.3, -0.25) is 0 Å². The van der Waals surface area contributed by atoms with Gasteiger partial charge < -0.3 is 5.73 Å². The number of hydrogen-bond donors (Lipinski definition) is 1. The largest absolute Gasteiger partial charge is 0.375 e. The Balaban J connectivity index is 3.03. The van der Waals surface area contributed by atoms with Crippen LogP contribution in [0.3, 0.4) is 0 Å². The molecule has 0 radical (unpaired) electrons. The first kappa shape index (κ1) is 7.47. The molecule has 1 aromatic heterocycles. The SMILES string of the molecule is Cc1nc(N)sc1C(C)F. The van der Waals surface area contributed by atoms with E-state index in [0.717, 1.165) is 0 Å². The van der Waals surface area contributed by atoms with Crippen LogP contribution in [0.2, 0.25) is 0 Å². The van der Waals surface area contributed by atoms with Gasteiger partial charge in [0.1, 0.15) is 6.17 Å². The highest BCUT2D eigenvalue weighted by molar-refractivity contribution is 7.15. The molecule has 0 aliphatic carbocycles. The minimum Gasteiger partial charge on any atom is -0.375 e. The van der Waals surface area contributed by atoms with Crippen molar-refractivity contribution in [3.05, 3.63) is 10.6 Å². The lowest BCUT2D eigenvalue weighted by Gasteiger charge is -1.94. The molecule has 1 aromatic rings. The van der Waals surface area contributed by atoms with E-state index in [-0.39, 0.29) is 0 Å². The molecule has 0 aromatic carbocycles. The number of halogens is 1. The third-order valence-corrected chi connectivity index (χ3v) is 2.35. The Kier molecular flexibility index (Phi) is 1.89. The van der Waals surface area contributed by atoms with Gasteiger partial charge in [0.2, 0.25) is 0 Å². The molecule has 0 saturated heterocycles. The standard InChI is InChI=1S/C6H9FN2S/c1-3(7)5-4(2)9-6(8)10-5/h3H,1-2H3,(H2,8,9). The zero-order valence-corrected chi connectivity index (χ0v) is 6.70. The van der Waals surface area contributed by atoms with E-state index in [1.807, 2.05) is 0 Å². The van der Waals surface area contributed by atoms with Gasteiger partial charge in [-0.15, -0.1) is 0 Å². The van der Waals surface area contributed by atoms with Gasteiger partial charge in [-0.1, -0.05) is 11.3 Å². The highest BCUT2D eigenvalue weighted by Gasteiger charge is 2.10. The number of rotatable bonds is 1. The molecule has 0 aliphatic rings. The first-order chi connectivity index (χ1) is 4.61. The van der Waals surface area contributed by atoms with Crippen molar-refractivity contribution < 1.29 is 4.39 Å². The Labute approximate surface area is 62.9 Å². The number of nitrogen functional groups attached to an aromatic ring is 1. The zero-order valence-electron chi connectivity index (χ0n) is 5.89. The summed E-state index contributed by atoms with van der Waals surface area (Å²) in [4.78, 5) is 4.53. The second-order valence-corrected chi connectivity index (χ2v) is 3.18. The highest BCUT2D eigenvalue weighted by atomic mass is 32.1. The summed E-state index contributed by atoms with van der Waals surface area (Å²) in [5, 5.41) is 0.442. The topological polar surface area (TPSA) is 38.9 Å². The number of hydrogen-bond acceptors (Lipinski definition) is 3. The minimum absolute atomic E-state index is 0.442. The number of aryl methyl sites for hydroxylation is 1. The molecule has 0 spiro atoms. The molecule has 0 fully saturated rings. The molecule has 0 saturated carbocycles. The summed E-state index contributed by atoms with van der Waals surface area (Å²) in [6.07, 6.45) is -0.949. The van der Waals surface area contributed by atoms with Gasteiger partial charge in [0.15, 0.2) is 5.13 Å². The predicted molar refractivity (Wildman–Crippen MR) is 40.8 cm³/mol. The summed E-state index contributed by atoms with van der Waals surface area (Å²) in [6.45, 7) is 3.25. The van der Waals surface area contributed by atoms with Crippen molar-refractivity contribution in [3.63, 3.8) is 0 Å². The van der Waals surface area contributed by atoms with Gasteiger partial charge in [-0.2, -0.15) is 0 Å². The molecule has 1 unspecified atom stereocenters. The number of alkyl halides is 1. The van der Waals surface area contributed by atoms with Crippen molar-refractivity contribution in [2.75, 3.05) is 5.73 Å². The molecule has 1 atom stereocenters. The van der Waals surface area contributed by atoms with Gasteiger partial charge in [0, 0.05) is 0 Å². The third kappa shape index (κ3) is 1.26. The van der Waals surface area contributed by atoms with Crippen LogP contribution in [0.1, 0.15) is 23.7 Å². The van der Waals surface area contributed by atoms with Crippen LogP contribution in [0, 0.1) is 6.92 Å². The smallest absolute Gasteiger partial charge is 0.180 e. The summed E-state index contributed by atoms with van der Waals surface area (Å²) >= 11 is 1.21. The fourth-order valence-corrected chi connectivity index (χ4v) is 1.56. The highest BCUT2D eigenvalue weighted by Crippen LogP contribution is 2.28. The Morgan fingerprint density at radius 2 is 2.30 bits per heavy atom. The van der Waals surface area contributed by atoms with E-state index in [4.69, 9.17) is 5.73 Å². The molecule has 10 heavy (non-hydrogen) atoms. The van der Waals surface area contributed by atoms with Crippen LogP contribution in [0.15, 0.2) is 0 Å². The van der Waals surface area contributed by atoms with Crippen LogP contribution in [-0.2, 0) is 0 Å². The lowest BCUT2D eigenvalue weighted by atomic mass is 10.3. The molecular weight excluding hydrogens is 151 g/mol. The van der Waals surface area contributed by atoms with Gasteiger partial charge in [-0.05, 0) is 13.8 Å². The zero-order chi connectivity index (χ0) is 7.72. The molecule has 56 valence electrons. The normalized spacial score (nSPS) is 13.5. The third-order valence-electron chi connectivity index (χ3n) is 1.21. The van der Waals surface area contributed by atoms with E-state index < -0.39 is 6.17 Å². The Morgan fingerprint density at radius 3 is 2.50 bits per heavy atom. The van der Waals surface area contributed by atoms with Crippen molar-refractivity contribution in [3.8, 4) is 0 Å². The monoisotopic (exact) mass is 160 g/mol. The van der Waals surface area contributed by atoms with Gasteiger partial charge in [-0.25, -0.2) is 9.37 Å². The minimum atomic E-state index is -0.949. The second kappa shape index (κ2) is 2.54. The fourth-order valence-electron chi connectivity index (χ4n) is 0.799. The van der Waals surface area contributed by atoms with Crippen molar-refractivity contribution in [2.24, 2.45) is 0 Å². The predicted octanol–water partition coefficient (Wildman–Crippen LogP) is 2.06. The summed E-state index contributed by atoms with van der Waals surface area (Å²) in [7, 11) is 0. The van der Waals surface area contributed by atoms with Crippen molar-refractivity contribution >= 4 is 16.5 Å². The molecule has 0 amide bonds. The van der Waals surface area contributed by atoms with Gasteiger partial charge in [0.05, 0.1) is 10.6 Å². The first-order valence-corrected chi connectivity index (χ1v) is 3.79. The van der Waals surface area contributed by atoms with E-state index in [0.29, 0.717) is 15.7 Å². The summed E-state index contributed by atoms with van der Waals surface area (Å²) in [5.74, 6) is 0. The van der Waals surface area contributed by atoms with E-state index in [1.165, 1.54) is 18.3 Å². The Morgan fingerprint density at radius 1 is 1.70 bits per heavy atom. The van der Waals surface area contributed by atoms with Crippen LogP contribution >= 0.6 is 11.3 Å². The maximum atomic E-state index is 12.6. The lowest BCUT2D eigenvalue weighted by Crippen LogP contribution is -1.83. The van der Waals surface area contributed by atoms with Crippen LogP contribution in [-0.4, -0.2) is 4.98 Å². The Hall–Kier alpha value is -0.640. The van der Waals surface area contributed by atoms with Crippen LogP contribution < -0.4 is 5.73 Å². The average Bonchev–Trinajstić information content (AvgIpc) is 2.10. The number of nitrogens with zero attached hydrogens (tertiary/aromatic N) is 1. The summed E-state index contributed by atoms with van der Waals surface area (Å²) in [5.41, 5.74) is 6.06.